The van der Waals surface area contributed by atoms with Gasteiger partial charge in [0.25, 0.3) is 0 Å². The Hall–Kier alpha value is -0.980. The number of hydrogen-bond acceptors (Lipinski definition) is 4. The molecule has 1 aromatic rings. The smallest absolute Gasteiger partial charge is 0.231 e. The van der Waals surface area contributed by atoms with Crippen LogP contribution in [0.5, 0.6) is 0 Å². The zero-order chi connectivity index (χ0) is 13.7. The van der Waals surface area contributed by atoms with Crippen molar-refractivity contribution >= 4 is 21.8 Å². The van der Waals surface area contributed by atoms with Crippen LogP contribution in [0.25, 0.3) is 0 Å². The van der Waals surface area contributed by atoms with Crippen LogP contribution in [0.3, 0.4) is 0 Å². The Kier molecular flexibility index (Phi) is 5.30. The maximum Gasteiger partial charge on any atom is 0.231 e. The van der Waals surface area contributed by atoms with E-state index < -0.39 is 0 Å². The van der Waals surface area contributed by atoms with Gasteiger partial charge in [0.05, 0.1) is 12.2 Å². The van der Waals surface area contributed by atoms with Crippen LogP contribution in [0, 0.1) is 0 Å². The van der Waals surface area contributed by atoms with E-state index in [0.717, 1.165) is 49.3 Å². The Bertz CT molecular complexity index is 423. The summed E-state index contributed by atoms with van der Waals surface area (Å²) in [5.74, 6) is -0.247. The predicted molar refractivity (Wildman–Crippen MR) is 77.5 cm³/mol. The van der Waals surface area contributed by atoms with Crippen molar-refractivity contribution in [2.75, 3.05) is 32.7 Å². The van der Waals surface area contributed by atoms with E-state index in [0.29, 0.717) is 6.54 Å². The fourth-order valence-corrected chi connectivity index (χ4v) is 2.52. The summed E-state index contributed by atoms with van der Waals surface area (Å²) in [6, 6.07) is 4.05. The van der Waals surface area contributed by atoms with Gasteiger partial charge in [-0.05, 0) is 47.6 Å². The van der Waals surface area contributed by atoms with Crippen LogP contribution in [0.2, 0.25) is 0 Å². The molecule has 2 heterocycles. The molecular weight excluding hydrogens is 308 g/mol. The first-order valence-corrected chi connectivity index (χ1v) is 7.26. The predicted octanol–water partition coefficient (Wildman–Crippen LogP) is 0.837. The summed E-state index contributed by atoms with van der Waals surface area (Å²) in [6.45, 7) is 5.03. The molecular formula is C13H19BrN4O. The van der Waals surface area contributed by atoms with Crippen molar-refractivity contribution < 1.29 is 4.79 Å². The Labute approximate surface area is 121 Å². The summed E-state index contributed by atoms with van der Waals surface area (Å²) < 4.78 is 1.000. The molecule has 1 amide bonds. The van der Waals surface area contributed by atoms with Crippen molar-refractivity contribution in [2.45, 2.75) is 13.0 Å². The highest BCUT2D eigenvalue weighted by Gasteiger charge is 2.16. The van der Waals surface area contributed by atoms with E-state index in [-0.39, 0.29) is 5.91 Å². The van der Waals surface area contributed by atoms with E-state index >= 15 is 0 Å². The lowest BCUT2D eigenvalue weighted by Gasteiger charge is -2.20. The minimum absolute atomic E-state index is 0.247. The fraction of sp³-hybridized carbons (Fsp3) is 0.538. The van der Waals surface area contributed by atoms with Crippen molar-refractivity contribution in [3.8, 4) is 0 Å². The number of nitrogens with zero attached hydrogens (tertiary/aromatic N) is 3. The summed E-state index contributed by atoms with van der Waals surface area (Å²) in [5, 5.41) is 0. The highest BCUT2D eigenvalue weighted by Crippen LogP contribution is 2.11. The zero-order valence-corrected chi connectivity index (χ0v) is 12.5. The van der Waals surface area contributed by atoms with Crippen molar-refractivity contribution in [3.63, 3.8) is 0 Å². The van der Waals surface area contributed by atoms with E-state index in [2.05, 4.69) is 30.7 Å². The van der Waals surface area contributed by atoms with Crippen LogP contribution in [0.4, 0.5) is 0 Å². The highest BCUT2D eigenvalue weighted by molar-refractivity contribution is 9.10. The minimum Gasteiger partial charge on any atom is -0.369 e. The molecule has 0 aliphatic carbocycles. The van der Waals surface area contributed by atoms with E-state index in [1.54, 1.807) is 0 Å². The Morgan fingerprint density at radius 2 is 2.00 bits per heavy atom. The van der Waals surface area contributed by atoms with E-state index in [9.17, 15) is 4.79 Å². The molecule has 0 aromatic carbocycles. The van der Waals surface area contributed by atoms with Crippen molar-refractivity contribution in [3.05, 3.63) is 28.5 Å². The van der Waals surface area contributed by atoms with Gasteiger partial charge in [-0.1, -0.05) is 0 Å². The van der Waals surface area contributed by atoms with Crippen LogP contribution >= 0.6 is 15.9 Å². The molecule has 0 atom stereocenters. The Morgan fingerprint density at radius 3 is 2.68 bits per heavy atom. The topological polar surface area (TPSA) is 62.5 Å². The third kappa shape index (κ3) is 4.89. The van der Waals surface area contributed by atoms with Gasteiger partial charge in [0.1, 0.15) is 0 Å². The molecule has 104 valence electrons. The third-order valence-corrected chi connectivity index (χ3v) is 3.70. The molecule has 0 bridgehead atoms. The second kappa shape index (κ2) is 6.98. The molecule has 0 unspecified atom stereocenters. The van der Waals surface area contributed by atoms with Crippen molar-refractivity contribution in [1.29, 1.82) is 0 Å². The number of nitrogens with two attached hydrogens (primary N) is 1. The summed E-state index contributed by atoms with van der Waals surface area (Å²) in [6.07, 6.45) is 2.89. The van der Waals surface area contributed by atoms with Crippen LogP contribution in [0.1, 0.15) is 12.1 Å². The van der Waals surface area contributed by atoms with Gasteiger partial charge in [0.15, 0.2) is 0 Å². The number of pyridine rings is 1. The maximum atomic E-state index is 10.9. The molecule has 1 aromatic heterocycles. The molecule has 0 radical (unpaired) electrons. The first-order chi connectivity index (χ1) is 9.13. The quantitative estimate of drug-likeness (QED) is 0.890. The molecule has 0 spiro atoms. The highest BCUT2D eigenvalue weighted by atomic mass is 79.9. The normalized spacial score (nSPS) is 18.2. The van der Waals surface area contributed by atoms with Gasteiger partial charge < -0.3 is 5.73 Å². The van der Waals surface area contributed by atoms with Crippen molar-refractivity contribution in [2.24, 2.45) is 5.73 Å². The number of rotatable bonds is 4. The lowest BCUT2D eigenvalue weighted by molar-refractivity contribution is -0.119. The SMILES string of the molecule is NC(=O)CN1CCCN(Cc2ccc(Br)cn2)CC1. The second-order valence-electron chi connectivity index (χ2n) is 4.84. The monoisotopic (exact) mass is 326 g/mol. The fourth-order valence-electron chi connectivity index (χ4n) is 2.29. The number of carbonyl (C=O) groups excluding carboxylic acids is 1. The van der Waals surface area contributed by atoms with E-state index in [1.807, 2.05) is 18.3 Å². The third-order valence-electron chi connectivity index (χ3n) is 3.23. The number of primary amides is 1. The standard InChI is InChI=1S/C13H19BrN4O/c14-11-2-3-12(16-8-11)9-17-4-1-5-18(7-6-17)10-13(15)19/h2-3,8H,1,4-7,9-10H2,(H2,15,19). The molecule has 19 heavy (non-hydrogen) atoms. The zero-order valence-electron chi connectivity index (χ0n) is 10.9. The second-order valence-corrected chi connectivity index (χ2v) is 5.76. The van der Waals surface area contributed by atoms with Crippen LogP contribution in [0.15, 0.2) is 22.8 Å². The summed E-state index contributed by atoms with van der Waals surface area (Å²) in [7, 11) is 0. The first-order valence-electron chi connectivity index (χ1n) is 6.47. The molecule has 1 fully saturated rings. The molecule has 2 N–H and O–H groups in total. The maximum absolute atomic E-state index is 10.9. The average molecular weight is 327 g/mol. The van der Waals surface area contributed by atoms with Gasteiger partial charge in [0, 0.05) is 30.3 Å². The first kappa shape index (κ1) is 14.4. The number of halogens is 1. The number of aromatic nitrogens is 1. The van der Waals surface area contributed by atoms with Gasteiger partial charge in [-0.2, -0.15) is 0 Å². The molecule has 1 saturated heterocycles. The largest absolute Gasteiger partial charge is 0.369 e. The van der Waals surface area contributed by atoms with Gasteiger partial charge in [0.2, 0.25) is 5.91 Å². The van der Waals surface area contributed by atoms with Gasteiger partial charge in [-0.15, -0.1) is 0 Å². The van der Waals surface area contributed by atoms with Crippen LogP contribution in [-0.2, 0) is 11.3 Å². The average Bonchev–Trinajstić information content (AvgIpc) is 2.57. The van der Waals surface area contributed by atoms with E-state index in [1.165, 1.54) is 0 Å². The summed E-state index contributed by atoms with van der Waals surface area (Å²) in [5.41, 5.74) is 6.31. The van der Waals surface area contributed by atoms with Crippen molar-refractivity contribution in [1.82, 2.24) is 14.8 Å². The van der Waals surface area contributed by atoms with Crippen LogP contribution in [-0.4, -0.2) is 53.4 Å². The number of hydrogen-bond donors (Lipinski definition) is 1. The van der Waals surface area contributed by atoms with Gasteiger partial charge in [-0.3, -0.25) is 19.6 Å². The Morgan fingerprint density at radius 1 is 1.26 bits per heavy atom. The molecule has 2 rings (SSSR count). The van der Waals surface area contributed by atoms with Gasteiger partial charge in [-0.25, -0.2) is 0 Å². The number of carbonyl (C=O) groups is 1. The molecule has 6 heteroatoms. The van der Waals surface area contributed by atoms with Crippen LogP contribution < -0.4 is 5.73 Å². The van der Waals surface area contributed by atoms with E-state index in [4.69, 9.17) is 5.73 Å². The number of amides is 1. The van der Waals surface area contributed by atoms with Gasteiger partial charge >= 0.3 is 0 Å². The lowest BCUT2D eigenvalue weighted by Crippen LogP contribution is -2.36. The molecule has 1 aliphatic heterocycles. The molecule has 1 aliphatic rings. The minimum atomic E-state index is -0.247. The molecule has 5 nitrogen and oxygen atoms in total. The summed E-state index contributed by atoms with van der Waals surface area (Å²) >= 11 is 3.39. The molecule has 0 saturated carbocycles. The lowest BCUT2D eigenvalue weighted by atomic mass is 10.3. The Balaban J connectivity index is 1.85. The summed E-state index contributed by atoms with van der Waals surface area (Å²) in [4.78, 5) is 19.8.